The zero-order valence-electron chi connectivity index (χ0n) is 11.9. The second-order valence-electron chi connectivity index (χ2n) is 4.57. The van der Waals surface area contributed by atoms with Gasteiger partial charge in [0.15, 0.2) is 5.17 Å². The van der Waals surface area contributed by atoms with Crippen LogP contribution >= 0.6 is 23.5 Å². The van der Waals surface area contributed by atoms with E-state index in [-0.39, 0.29) is 5.91 Å². The van der Waals surface area contributed by atoms with Crippen molar-refractivity contribution in [1.29, 1.82) is 5.26 Å². The second kappa shape index (κ2) is 7.18. The van der Waals surface area contributed by atoms with Gasteiger partial charge in [0, 0.05) is 9.79 Å². The number of hydrogen-bond donors (Lipinski definition) is 1. The lowest BCUT2D eigenvalue weighted by atomic mass is 10.2. The molecule has 0 aliphatic carbocycles. The molecular formula is C17H11N3OS2. The Kier molecular flexibility index (Phi) is 4.81. The van der Waals surface area contributed by atoms with Crippen molar-refractivity contribution in [2.45, 2.75) is 9.79 Å². The standard InChI is InChI=1S/C17H11N3OS2/c18-11-19-17-20-16(21)15(23-17)10-12-6-8-14(9-7-12)22-13-4-2-1-3-5-13/h1-10H,(H,19,20,21). The van der Waals surface area contributed by atoms with Crippen LogP contribution in [-0.2, 0) is 4.79 Å². The van der Waals surface area contributed by atoms with E-state index in [9.17, 15) is 4.79 Å². The van der Waals surface area contributed by atoms with Crippen LogP contribution in [0.5, 0.6) is 0 Å². The van der Waals surface area contributed by atoms with E-state index in [0.717, 1.165) is 10.5 Å². The summed E-state index contributed by atoms with van der Waals surface area (Å²) >= 11 is 2.85. The molecule has 3 rings (SSSR count). The summed E-state index contributed by atoms with van der Waals surface area (Å²) in [6, 6.07) is 18.1. The summed E-state index contributed by atoms with van der Waals surface area (Å²) in [5, 5.41) is 11.4. The summed E-state index contributed by atoms with van der Waals surface area (Å²) in [4.78, 5) is 18.2. The fraction of sp³-hybridized carbons (Fsp3) is 0. The third-order valence-corrected chi connectivity index (χ3v) is 4.88. The highest BCUT2D eigenvalue weighted by atomic mass is 32.2. The molecule has 0 saturated carbocycles. The summed E-state index contributed by atoms with van der Waals surface area (Å²) in [6.45, 7) is 0. The molecule has 2 aromatic carbocycles. The van der Waals surface area contributed by atoms with E-state index >= 15 is 0 Å². The molecule has 0 aromatic heterocycles. The number of rotatable bonds is 3. The monoisotopic (exact) mass is 337 g/mol. The molecule has 112 valence electrons. The molecule has 1 fully saturated rings. The van der Waals surface area contributed by atoms with Crippen LogP contribution in [0, 0.1) is 11.5 Å². The maximum Gasteiger partial charge on any atom is 0.264 e. The minimum absolute atomic E-state index is 0.230. The van der Waals surface area contributed by atoms with Crippen molar-refractivity contribution in [2.24, 2.45) is 4.99 Å². The fourth-order valence-electron chi connectivity index (χ4n) is 1.93. The zero-order valence-corrected chi connectivity index (χ0v) is 13.5. The number of carbonyl (C=O) groups is 1. The largest absolute Gasteiger partial charge is 0.300 e. The molecule has 23 heavy (non-hydrogen) atoms. The summed E-state index contributed by atoms with van der Waals surface area (Å²) in [5.74, 6) is -0.230. The first-order valence-electron chi connectivity index (χ1n) is 6.75. The second-order valence-corrected chi connectivity index (χ2v) is 6.74. The number of aliphatic imine (C=N–C) groups is 1. The van der Waals surface area contributed by atoms with Crippen molar-refractivity contribution in [3.63, 3.8) is 0 Å². The smallest absolute Gasteiger partial charge is 0.264 e. The zero-order chi connectivity index (χ0) is 16.1. The highest BCUT2D eigenvalue weighted by Gasteiger charge is 2.23. The molecule has 1 heterocycles. The van der Waals surface area contributed by atoms with Crippen LogP contribution in [0.1, 0.15) is 5.56 Å². The van der Waals surface area contributed by atoms with E-state index in [0.29, 0.717) is 10.1 Å². The molecule has 4 nitrogen and oxygen atoms in total. The predicted molar refractivity (Wildman–Crippen MR) is 93.8 cm³/mol. The number of carbonyl (C=O) groups excluding carboxylic acids is 1. The molecule has 0 bridgehead atoms. The number of amides is 1. The average Bonchev–Trinajstić information content (AvgIpc) is 2.90. The number of thioether (sulfide) groups is 1. The van der Waals surface area contributed by atoms with Gasteiger partial charge in [-0.1, -0.05) is 42.1 Å². The van der Waals surface area contributed by atoms with Crippen molar-refractivity contribution in [1.82, 2.24) is 5.32 Å². The van der Waals surface area contributed by atoms with Crippen LogP contribution in [0.25, 0.3) is 6.08 Å². The van der Waals surface area contributed by atoms with E-state index in [1.54, 1.807) is 24.0 Å². The van der Waals surface area contributed by atoms with E-state index in [4.69, 9.17) is 5.26 Å². The third-order valence-electron chi connectivity index (χ3n) is 2.96. The Bertz CT molecular complexity index is 821. The van der Waals surface area contributed by atoms with Crippen LogP contribution in [0.4, 0.5) is 0 Å². The Morgan fingerprint density at radius 2 is 1.78 bits per heavy atom. The Morgan fingerprint density at radius 3 is 2.48 bits per heavy atom. The third kappa shape index (κ3) is 4.03. The first-order chi connectivity index (χ1) is 11.2. The minimum atomic E-state index is -0.230. The molecule has 1 aliphatic rings. The van der Waals surface area contributed by atoms with Crippen LogP contribution in [-0.4, -0.2) is 11.1 Å². The molecule has 0 spiro atoms. The van der Waals surface area contributed by atoms with Crippen molar-refractivity contribution in [3.8, 4) is 6.19 Å². The lowest BCUT2D eigenvalue weighted by molar-refractivity contribution is -0.115. The molecular weight excluding hydrogens is 326 g/mol. The molecule has 0 radical (unpaired) electrons. The van der Waals surface area contributed by atoms with E-state index < -0.39 is 0 Å². The van der Waals surface area contributed by atoms with Crippen molar-refractivity contribution in [2.75, 3.05) is 0 Å². The molecule has 1 N–H and O–H groups in total. The maximum absolute atomic E-state index is 11.8. The number of nitriles is 1. The lowest BCUT2D eigenvalue weighted by Crippen LogP contribution is -2.19. The lowest BCUT2D eigenvalue weighted by Gasteiger charge is -2.02. The summed E-state index contributed by atoms with van der Waals surface area (Å²) in [7, 11) is 0. The van der Waals surface area contributed by atoms with Crippen molar-refractivity contribution < 1.29 is 4.79 Å². The SMILES string of the molecule is N#CN=C1NC(=O)C(=Cc2ccc(Sc3ccccc3)cc2)S1. The van der Waals surface area contributed by atoms with Gasteiger partial charge < -0.3 is 0 Å². The molecule has 1 amide bonds. The van der Waals surface area contributed by atoms with Gasteiger partial charge in [-0.15, -0.1) is 4.99 Å². The average molecular weight is 337 g/mol. The topological polar surface area (TPSA) is 65.2 Å². The van der Waals surface area contributed by atoms with Crippen molar-refractivity contribution >= 4 is 40.7 Å². The van der Waals surface area contributed by atoms with Gasteiger partial charge in [0.25, 0.3) is 5.91 Å². The number of nitrogens with one attached hydrogen (secondary N) is 1. The van der Waals surface area contributed by atoms with Crippen LogP contribution in [0.3, 0.4) is 0 Å². The van der Waals surface area contributed by atoms with Gasteiger partial charge in [-0.25, -0.2) is 0 Å². The normalized spacial score (nSPS) is 17.3. The van der Waals surface area contributed by atoms with Gasteiger partial charge in [-0.2, -0.15) is 5.26 Å². The Labute approximate surface area is 142 Å². The highest BCUT2D eigenvalue weighted by Crippen LogP contribution is 2.29. The molecule has 0 unspecified atom stereocenters. The maximum atomic E-state index is 11.8. The van der Waals surface area contributed by atoms with Gasteiger partial charge in [0.1, 0.15) is 0 Å². The molecule has 1 saturated heterocycles. The quantitative estimate of drug-likeness (QED) is 0.682. The first kappa shape index (κ1) is 15.4. The van der Waals surface area contributed by atoms with E-state index in [2.05, 4.69) is 22.4 Å². The van der Waals surface area contributed by atoms with Gasteiger partial charge in [-0.05, 0) is 47.7 Å². The van der Waals surface area contributed by atoms with Gasteiger partial charge in [0.2, 0.25) is 6.19 Å². The van der Waals surface area contributed by atoms with Crippen LogP contribution < -0.4 is 5.32 Å². The molecule has 0 atom stereocenters. The molecule has 2 aromatic rings. The van der Waals surface area contributed by atoms with Crippen molar-refractivity contribution in [3.05, 3.63) is 65.1 Å². The van der Waals surface area contributed by atoms with E-state index in [1.807, 2.05) is 42.5 Å². The van der Waals surface area contributed by atoms with Gasteiger partial charge in [0.05, 0.1) is 4.91 Å². The first-order valence-corrected chi connectivity index (χ1v) is 8.38. The fourth-order valence-corrected chi connectivity index (χ4v) is 3.55. The Hall–Kier alpha value is -2.49. The number of nitrogens with zero attached hydrogens (tertiary/aromatic N) is 2. The van der Waals surface area contributed by atoms with Crippen LogP contribution in [0.15, 0.2) is 74.3 Å². The number of benzene rings is 2. The molecule has 6 heteroatoms. The molecule has 1 aliphatic heterocycles. The van der Waals surface area contributed by atoms with Gasteiger partial charge in [-0.3, -0.25) is 10.1 Å². The van der Waals surface area contributed by atoms with Gasteiger partial charge >= 0.3 is 0 Å². The Balaban J connectivity index is 1.73. The number of amidine groups is 1. The minimum Gasteiger partial charge on any atom is -0.300 e. The summed E-state index contributed by atoms with van der Waals surface area (Å²) in [6.07, 6.45) is 3.46. The Morgan fingerprint density at radius 1 is 1.09 bits per heavy atom. The summed E-state index contributed by atoms with van der Waals surface area (Å²) < 4.78 is 0. The highest BCUT2D eigenvalue weighted by molar-refractivity contribution is 8.18. The van der Waals surface area contributed by atoms with E-state index in [1.165, 1.54) is 16.7 Å². The van der Waals surface area contributed by atoms with Crippen LogP contribution in [0.2, 0.25) is 0 Å². The summed E-state index contributed by atoms with van der Waals surface area (Å²) in [5.41, 5.74) is 0.929. The predicted octanol–water partition coefficient (Wildman–Crippen LogP) is 3.88. The number of hydrogen-bond acceptors (Lipinski definition) is 5.